The molecule has 1 aliphatic heterocycles. The van der Waals surface area contributed by atoms with E-state index in [1.54, 1.807) is 23.4 Å². The SMILES string of the molecule is CC(C)C(NC(=O)c1ccc([N+](=O)[O-])cc1Cl)C(=O)N1CCN(c2ncccn2)CC1. The van der Waals surface area contributed by atoms with Gasteiger partial charge in [0.25, 0.3) is 11.6 Å². The average molecular weight is 447 g/mol. The van der Waals surface area contributed by atoms with Crippen LogP contribution in [0.1, 0.15) is 24.2 Å². The molecule has 0 saturated carbocycles. The van der Waals surface area contributed by atoms with Crippen LogP contribution in [0, 0.1) is 16.0 Å². The van der Waals surface area contributed by atoms with Crippen molar-refractivity contribution in [3.8, 4) is 0 Å². The van der Waals surface area contributed by atoms with Crippen LogP contribution in [0.5, 0.6) is 0 Å². The summed E-state index contributed by atoms with van der Waals surface area (Å²) in [6.45, 7) is 5.82. The van der Waals surface area contributed by atoms with E-state index in [2.05, 4.69) is 15.3 Å². The number of hydrogen-bond acceptors (Lipinski definition) is 7. The van der Waals surface area contributed by atoms with Gasteiger partial charge in [-0.1, -0.05) is 25.4 Å². The number of benzene rings is 1. The number of rotatable bonds is 6. The van der Waals surface area contributed by atoms with E-state index in [0.29, 0.717) is 32.1 Å². The molecule has 31 heavy (non-hydrogen) atoms. The number of piperazine rings is 1. The first kappa shape index (κ1) is 22.4. The van der Waals surface area contributed by atoms with Crippen LogP contribution in [-0.2, 0) is 4.79 Å². The van der Waals surface area contributed by atoms with Crippen LogP contribution in [0.25, 0.3) is 0 Å². The van der Waals surface area contributed by atoms with E-state index >= 15 is 0 Å². The first-order valence-electron chi connectivity index (χ1n) is 9.83. The molecule has 1 N–H and O–H groups in total. The standard InChI is InChI=1S/C20H23ClN6O4/c1-13(2)17(24-18(28)15-5-4-14(27(30)31)12-16(15)21)19(29)25-8-10-26(11-9-25)20-22-6-3-7-23-20/h3-7,12-13,17H,8-11H2,1-2H3,(H,24,28). The second kappa shape index (κ2) is 9.69. The van der Waals surface area contributed by atoms with Crippen LogP contribution in [0.2, 0.25) is 5.02 Å². The lowest BCUT2D eigenvalue weighted by atomic mass is 10.0. The third-order valence-corrected chi connectivity index (χ3v) is 5.37. The molecule has 2 heterocycles. The molecule has 2 aromatic rings. The second-order valence-electron chi connectivity index (χ2n) is 7.48. The average Bonchev–Trinajstić information content (AvgIpc) is 2.77. The number of nitro benzene ring substituents is 1. The van der Waals surface area contributed by atoms with Gasteiger partial charge >= 0.3 is 0 Å². The molecule has 1 unspecified atom stereocenters. The predicted octanol–water partition coefficient (Wildman–Crippen LogP) is 2.14. The van der Waals surface area contributed by atoms with Crippen molar-refractivity contribution in [2.45, 2.75) is 19.9 Å². The van der Waals surface area contributed by atoms with E-state index < -0.39 is 16.9 Å². The van der Waals surface area contributed by atoms with Crippen molar-refractivity contribution in [3.63, 3.8) is 0 Å². The van der Waals surface area contributed by atoms with Crippen molar-refractivity contribution in [2.75, 3.05) is 31.1 Å². The summed E-state index contributed by atoms with van der Waals surface area (Å²) in [5, 5.41) is 13.6. The fourth-order valence-electron chi connectivity index (χ4n) is 3.31. The Morgan fingerprint density at radius 1 is 1.16 bits per heavy atom. The molecule has 0 radical (unpaired) electrons. The Hall–Kier alpha value is -3.27. The first-order valence-corrected chi connectivity index (χ1v) is 10.2. The minimum atomic E-state index is -0.752. The molecule has 1 aromatic heterocycles. The molecule has 11 heteroatoms. The molecule has 2 amide bonds. The fourth-order valence-corrected chi connectivity index (χ4v) is 3.57. The molecule has 0 aliphatic carbocycles. The summed E-state index contributed by atoms with van der Waals surface area (Å²) in [7, 11) is 0. The minimum Gasteiger partial charge on any atom is -0.340 e. The number of halogens is 1. The Kier molecular flexibility index (Phi) is 7.01. The lowest BCUT2D eigenvalue weighted by Crippen LogP contribution is -2.56. The number of amides is 2. The van der Waals surface area contributed by atoms with Gasteiger partial charge in [0.1, 0.15) is 6.04 Å². The van der Waals surface area contributed by atoms with Crippen LogP contribution in [0.15, 0.2) is 36.7 Å². The zero-order valence-electron chi connectivity index (χ0n) is 17.2. The third kappa shape index (κ3) is 5.26. The lowest BCUT2D eigenvalue weighted by Gasteiger charge is -2.37. The van der Waals surface area contributed by atoms with Crippen molar-refractivity contribution in [1.82, 2.24) is 20.2 Å². The molecule has 1 aromatic carbocycles. The number of hydrogen-bond donors (Lipinski definition) is 1. The van der Waals surface area contributed by atoms with Crippen LogP contribution in [0.3, 0.4) is 0 Å². The Labute approximate surface area is 184 Å². The number of carbonyl (C=O) groups excluding carboxylic acids is 2. The van der Waals surface area contributed by atoms with Gasteiger partial charge in [0.15, 0.2) is 0 Å². The van der Waals surface area contributed by atoms with Crippen molar-refractivity contribution in [1.29, 1.82) is 0 Å². The van der Waals surface area contributed by atoms with E-state index in [0.717, 1.165) is 6.07 Å². The summed E-state index contributed by atoms with van der Waals surface area (Å²) < 4.78 is 0. The molecule has 1 saturated heterocycles. The molecule has 1 fully saturated rings. The molecule has 1 atom stereocenters. The highest BCUT2D eigenvalue weighted by atomic mass is 35.5. The van der Waals surface area contributed by atoms with Gasteiger partial charge in [-0.2, -0.15) is 0 Å². The highest BCUT2D eigenvalue weighted by Gasteiger charge is 2.32. The van der Waals surface area contributed by atoms with E-state index in [4.69, 9.17) is 11.6 Å². The van der Waals surface area contributed by atoms with Crippen molar-refractivity contribution >= 4 is 35.1 Å². The van der Waals surface area contributed by atoms with Gasteiger partial charge in [-0.05, 0) is 18.1 Å². The summed E-state index contributed by atoms with van der Waals surface area (Å²) in [6, 6.07) is 4.61. The molecule has 1 aliphatic rings. The summed E-state index contributed by atoms with van der Waals surface area (Å²) in [6.07, 6.45) is 3.35. The highest BCUT2D eigenvalue weighted by molar-refractivity contribution is 6.34. The smallest absolute Gasteiger partial charge is 0.270 e. The number of nitrogens with zero attached hydrogens (tertiary/aromatic N) is 5. The van der Waals surface area contributed by atoms with Gasteiger partial charge in [0, 0.05) is 50.7 Å². The molecule has 0 spiro atoms. The van der Waals surface area contributed by atoms with Crippen molar-refractivity contribution in [2.24, 2.45) is 5.92 Å². The van der Waals surface area contributed by atoms with Gasteiger partial charge in [0.2, 0.25) is 11.9 Å². The monoisotopic (exact) mass is 446 g/mol. The lowest BCUT2D eigenvalue weighted by molar-refractivity contribution is -0.384. The zero-order chi connectivity index (χ0) is 22.5. The first-order chi connectivity index (χ1) is 14.8. The largest absolute Gasteiger partial charge is 0.340 e. The van der Waals surface area contributed by atoms with E-state index in [9.17, 15) is 19.7 Å². The van der Waals surface area contributed by atoms with Gasteiger partial charge in [-0.25, -0.2) is 9.97 Å². The fraction of sp³-hybridized carbons (Fsp3) is 0.400. The van der Waals surface area contributed by atoms with Crippen molar-refractivity contribution < 1.29 is 14.5 Å². The normalized spacial score (nSPS) is 15.0. The Morgan fingerprint density at radius 2 is 1.81 bits per heavy atom. The highest BCUT2D eigenvalue weighted by Crippen LogP contribution is 2.23. The van der Waals surface area contributed by atoms with Crippen LogP contribution >= 0.6 is 11.6 Å². The van der Waals surface area contributed by atoms with Gasteiger partial charge < -0.3 is 15.1 Å². The molecular formula is C20H23ClN6O4. The molecule has 3 rings (SSSR count). The Morgan fingerprint density at radius 3 is 2.35 bits per heavy atom. The number of carbonyl (C=O) groups is 2. The number of anilines is 1. The summed E-state index contributed by atoms with van der Waals surface area (Å²) in [5.41, 5.74) is -0.130. The summed E-state index contributed by atoms with van der Waals surface area (Å²) >= 11 is 6.06. The van der Waals surface area contributed by atoms with Crippen LogP contribution in [0.4, 0.5) is 11.6 Å². The molecule has 0 bridgehead atoms. The van der Waals surface area contributed by atoms with Gasteiger partial charge in [0.05, 0.1) is 15.5 Å². The minimum absolute atomic E-state index is 0.0434. The maximum Gasteiger partial charge on any atom is 0.270 e. The molecule has 164 valence electrons. The van der Waals surface area contributed by atoms with E-state index in [1.165, 1.54) is 12.1 Å². The maximum atomic E-state index is 13.1. The quantitative estimate of drug-likeness (QED) is 0.532. The van der Waals surface area contributed by atoms with Crippen LogP contribution < -0.4 is 10.2 Å². The molecular weight excluding hydrogens is 424 g/mol. The van der Waals surface area contributed by atoms with Crippen molar-refractivity contribution in [3.05, 3.63) is 57.4 Å². The predicted molar refractivity (Wildman–Crippen MR) is 115 cm³/mol. The Balaban J connectivity index is 1.66. The summed E-state index contributed by atoms with van der Waals surface area (Å²) in [5.74, 6) is -0.279. The van der Waals surface area contributed by atoms with E-state index in [-0.39, 0.29) is 28.1 Å². The summed E-state index contributed by atoms with van der Waals surface area (Å²) in [4.78, 5) is 48.3. The van der Waals surface area contributed by atoms with Gasteiger partial charge in [-0.3, -0.25) is 19.7 Å². The number of nitro groups is 1. The number of nitrogens with one attached hydrogen (secondary N) is 1. The number of non-ortho nitro benzene ring substituents is 1. The topological polar surface area (TPSA) is 122 Å². The number of aromatic nitrogens is 2. The zero-order valence-corrected chi connectivity index (χ0v) is 18.0. The van der Waals surface area contributed by atoms with Crippen LogP contribution in [-0.4, -0.2) is 63.8 Å². The molecule has 10 nitrogen and oxygen atoms in total. The maximum absolute atomic E-state index is 13.1. The second-order valence-corrected chi connectivity index (χ2v) is 7.88. The third-order valence-electron chi connectivity index (χ3n) is 5.05. The Bertz CT molecular complexity index is 963. The van der Waals surface area contributed by atoms with E-state index in [1.807, 2.05) is 18.7 Å². The van der Waals surface area contributed by atoms with Gasteiger partial charge in [-0.15, -0.1) is 0 Å².